The van der Waals surface area contributed by atoms with Gasteiger partial charge in [0.25, 0.3) is 0 Å². The molecule has 2 aromatic rings. The van der Waals surface area contributed by atoms with Crippen LogP contribution in [0.15, 0.2) is 48.5 Å². The fraction of sp³-hybridized carbons (Fsp3) is 0.200. The van der Waals surface area contributed by atoms with E-state index in [9.17, 15) is 24.6 Å². The maximum absolute atomic E-state index is 11.6. The van der Waals surface area contributed by atoms with Crippen LogP contribution in [0.4, 0.5) is 0 Å². The van der Waals surface area contributed by atoms with E-state index in [1.807, 2.05) is 0 Å². The molecule has 0 amide bonds. The van der Waals surface area contributed by atoms with Gasteiger partial charge in [0.1, 0.15) is 11.5 Å². The van der Waals surface area contributed by atoms with Crippen LogP contribution < -0.4 is 0 Å². The Hall–Kier alpha value is -1.81. The summed E-state index contributed by atoms with van der Waals surface area (Å²) in [4.78, 5) is 19.0. The van der Waals surface area contributed by atoms with Crippen LogP contribution in [0.25, 0.3) is 0 Å². The molecule has 5 nitrogen and oxygen atoms in total. The second kappa shape index (κ2) is 5.90. The molecule has 2 rings (SSSR count). The van der Waals surface area contributed by atoms with Gasteiger partial charge in [-0.15, -0.1) is 0 Å². The van der Waals surface area contributed by atoms with Gasteiger partial charge in [0.05, 0.1) is 5.66 Å². The Morgan fingerprint density at radius 2 is 1.14 bits per heavy atom. The first-order valence-electron chi connectivity index (χ1n) is 6.42. The first-order chi connectivity index (χ1) is 9.79. The number of aromatic hydroxyl groups is 2. The molecule has 112 valence electrons. The molecule has 1 atom stereocenters. The first-order valence-corrected chi connectivity index (χ1v) is 8.10. The molecule has 0 radical (unpaired) electrons. The molecule has 0 aliphatic rings. The van der Waals surface area contributed by atoms with E-state index >= 15 is 0 Å². The maximum atomic E-state index is 11.6. The largest absolute Gasteiger partial charge is 0.508 e. The molecule has 0 saturated heterocycles. The molecule has 6 heteroatoms. The van der Waals surface area contributed by atoms with Gasteiger partial charge in [0.2, 0.25) is 0 Å². The van der Waals surface area contributed by atoms with Crippen molar-refractivity contribution in [3.63, 3.8) is 0 Å². The summed E-state index contributed by atoms with van der Waals surface area (Å²) in [6.45, 7) is 1.49. The zero-order valence-corrected chi connectivity index (χ0v) is 12.3. The maximum Gasteiger partial charge on any atom is 0.329 e. The highest BCUT2D eigenvalue weighted by atomic mass is 31.2. The van der Waals surface area contributed by atoms with E-state index in [4.69, 9.17) is 0 Å². The lowest BCUT2D eigenvalue weighted by molar-refractivity contribution is 0.356. The summed E-state index contributed by atoms with van der Waals surface area (Å²) in [6, 6.07) is 12.5. The molecular weight excluding hydrogens is 291 g/mol. The van der Waals surface area contributed by atoms with Crippen molar-refractivity contribution < 1.29 is 24.6 Å². The van der Waals surface area contributed by atoms with Crippen molar-refractivity contribution in [1.82, 2.24) is 0 Å². The molecule has 21 heavy (non-hydrogen) atoms. The van der Waals surface area contributed by atoms with E-state index in [2.05, 4.69) is 0 Å². The number of hydrogen-bond donors (Lipinski definition) is 4. The predicted octanol–water partition coefficient (Wildman–Crippen LogP) is 2.80. The normalized spacial score (nSPS) is 13.3. The van der Waals surface area contributed by atoms with Gasteiger partial charge in [-0.25, -0.2) is 0 Å². The molecule has 0 aliphatic carbocycles. The topological polar surface area (TPSA) is 98.0 Å². The monoisotopic (exact) mass is 308 g/mol. The molecule has 2 aromatic carbocycles. The number of benzene rings is 2. The van der Waals surface area contributed by atoms with E-state index in [0.717, 1.165) is 0 Å². The van der Waals surface area contributed by atoms with Gasteiger partial charge in [-0.1, -0.05) is 31.2 Å². The van der Waals surface area contributed by atoms with Gasteiger partial charge in [0.15, 0.2) is 0 Å². The van der Waals surface area contributed by atoms with E-state index in [1.165, 1.54) is 31.2 Å². The Morgan fingerprint density at radius 1 is 0.810 bits per heavy atom. The van der Waals surface area contributed by atoms with Crippen LogP contribution in [0.3, 0.4) is 0 Å². The smallest absolute Gasteiger partial charge is 0.329 e. The van der Waals surface area contributed by atoms with Crippen LogP contribution >= 0.6 is 7.60 Å². The highest BCUT2D eigenvalue weighted by molar-refractivity contribution is 7.52. The molecule has 0 aromatic heterocycles. The summed E-state index contributed by atoms with van der Waals surface area (Å²) < 4.78 is 11.6. The molecule has 4 N–H and O–H groups in total. The van der Waals surface area contributed by atoms with Crippen LogP contribution in [0.2, 0.25) is 0 Å². The lowest BCUT2D eigenvalue weighted by Crippen LogP contribution is -2.17. The minimum atomic E-state index is -4.29. The van der Waals surface area contributed by atoms with Crippen molar-refractivity contribution in [2.24, 2.45) is 0 Å². The van der Waals surface area contributed by atoms with Crippen LogP contribution in [0.1, 0.15) is 24.0 Å². The summed E-state index contributed by atoms with van der Waals surface area (Å²) in [5.41, 5.74) is 0.454. The first kappa shape index (κ1) is 15.6. The Morgan fingerprint density at radius 3 is 1.43 bits per heavy atom. The highest BCUT2D eigenvalue weighted by Crippen LogP contribution is 2.50. The van der Waals surface area contributed by atoms with Crippen molar-refractivity contribution in [1.29, 1.82) is 0 Å². The third kappa shape index (κ3) is 3.64. The third-order valence-corrected chi connectivity index (χ3v) is 4.88. The fourth-order valence-electron chi connectivity index (χ4n) is 2.31. The number of hydrogen-bond acceptors (Lipinski definition) is 3. The molecule has 0 saturated carbocycles. The SMILES string of the molecule is CC(C(c1ccc(O)cc1)c1ccc(O)cc1)P(=O)(O)O. The van der Waals surface area contributed by atoms with Crippen LogP contribution in [0.5, 0.6) is 11.5 Å². The summed E-state index contributed by atoms with van der Waals surface area (Å²) >= 11 is 0. The van der Waals surface area contributed by atoms with Crippen molar-refractivity contribution in [3.05, 3.63) is 59.7 Å². The zero-order valence-electron chi connectivity index (χ0n) is 11.4. The van der Waals surface area contributed by atoms with Gasteiger partial charge in [0, 0.05) is 5.92 Å². The Bertz CT molecular complexity index is 599. The third-order valence-electron chi connectivity index (χ3n) is 3.52. The summed E-state index contributed by atoms with van der Waals surface area (Å²) in [6.07, 6.45) is 0. The van der Waals surface area contributed by atoms with Crippen molar-refractivity contribution >= 4 is 7.60 Å². The molecule has 0 aliphatic heterocycles. The highest BCUT2D eigenvalue weighted by Gasteiger charge is 2.34. The fourth-order valence-corrected chi connectivity index (χ4v) is 3.04. The lowest BCUT2D eigenvalue weighted by Gasteiger charge is -2.25. The van der Waals surface area contributed by atoms with E-state index in [0.29, 0.717) is 11.1 Å². The van der Waals surface area contributed by atoms with Crippen LogP contribution in [0, 0.1) is 0 Å². The zero-order chi connectivity index (χ0) is 15.6. The Balaban J connectivity index is 2.51. The quantitative estimate of drug-likeness (QED) is 0.651. The molecule has 0 heterocycles. The summed E-state index contributed by atoms with van der Waals surface area (Å²) in [7, 11) is -4.29. The molecule has 0 bridgehead atoms. The Labute approximate surface area is 122 Å². The van der Waals surface area contributed by atoms with Gasteiger partial charge in [-0.2, -0.15) is 0 Å². The molecular formula is C15H17O5P. The second-order valence-electron chi connectivity index (χ2n) is 4.99. The number of phenols is 2. The predicted molar refractivity (Wildman–Crippen MR) is 79.6 cm³/mol. The van der Waals surface area contributed by atoms with E-state index in [-0.39, 0.29) is 11.5 Å². The standard InChI is InChI=1S/C15H17O5P/c1-10(21(18,19)20)15(11-2-6-13(16)7-3-11)12-4-8-14(17)9-5-12/h2-10,15-17H,1H3,(H2,18,19,20). The lowest BCUT2D eigenvalue weighted by atomic mass is 9.88. The summed E-state index contributed by atoms with van der Waals surface area (Å²) in [5.74, 6) is -0.355. The molecule has 0 fully saturated rings. The Kier molecular flexibility index (Phi) is 4.37. The van der Waals surface area contributed by atoms with E-state index < -0.39 is 19.2 Å². The minimum absolute atomic E-state index is 0.0899. The van der Waals surface area contributed by atoms with Gasteiger partial charge >= 0.3 is 7.60 Å². The molecule has 0 spiro atoms. The number of rotatable bonds is 4. The van der Waals surface area contributed by atoms with Crippen molar-refractivity contribution in [2.45, 2.75) is 18.5 Å². The van der Waals surface area contributed by atoms with Crippen LogP contribution in [-0.4, -0.2) is 25.7 Å². The van der Waals surface area contributed by atoms with Crippen molar-refractivity contribution in [3.8, 4) is 11.5 Å². The average molecular weight is 308 g/mol. The average Bonchev–Trinajstić information content (AvgIpc) is 2.42. The summed E-state index contributed by atoms with van der Waals surface area (Å²) in [5, 5.41) is 18.7. The van der Waals surface area contributed by atoms with Crippen LogP contribution in [-0.2, 0) is 4.57 Å². The second-order valence-corrected chi connectivity index (χ2v) is 6.98. The van der Waals surface area contributed by atoms with Crippen molar-refractivity contribution in [2.75, 3.05) is 0 Å². The van der Waals surface area contributed by atoms with Gasteiger partial charge in [-0.05, 0) is 35.4 Å². The van der Waals surface area contributed by atoms with E-state index in [1.54, 1.807) is 24.3 Å². The van der Waals surface area contributed by atoms with Gasteiger partial charge < -0.3 is 20.0 Å². The minimum Gasteiger partial charge on any atom is -0.508 e. The van der Waals surface area contributed by atoms with Gasteiger partial charge in [-0.3, -0.25) is 4.57 Å². The molecule has 1 unspecified atom stereocenters. The number of phenolic OH excluding ortho intramolecular Hbond substituents is 2.